The van der Waals surface area contributed by atoms with Crippen LogP contribution in [0, 0.1) is 0 Å². The lowest BCUT2D eigenvalue weighted by Gasteiger charge is -2.18. The molecule has 0 aliphatic carbocycles. The summed E-state index contributed by atoms with van der Waals surface area (Å²) in [6.07, 6.45) is 0.405. The predicted molar refractivity (Wildman–Crippen MR) is 90.1 cm³/mol. The van der Waals surface area contributed by atoms with Crippen molar-refractivity contribution in [2.45, 2.75) is 33.0 Å². The highest BCUT2D eigenvalue weighted by molar-refractivity contribution is 5.69. The van der Waals surface area contributed by atoms with Crippen LogP contribution in [0.15, 0.2) is 15.9 Å². The first kappa shape index (κ1) is 18.4. The van der Waals surface area contributed by atoms with Crippen molar-refractivity contribution >= 4 is 11.2 Å². The Hall–Kier alpha value is -1.97. The van der Waals surface area contributed by atoms with Crippen molar-refractivity contribution in [2.75, 3.05) is 26.2 Å². The van der Waals surface area contributed by atoms with Crippen molar-refractivity contribution < 1.29 is 10.2 Å². The number of likely N-dealkylation sites (N-methyl/N-ethyl adjacent to an activating group) is 1. The van der Waals surface area contributed by atoms with Crippen molar-refractivity contribution in [3.63, 3.8) is 0 Å². The smallest absolute Gasteiger partial charge is 0.332 e. The van der Waals surface area contributed by atoms with Crippen LogP contribution in [0.5, 0.6) is 0 Å². The molecule has 0 saturated carbocycles. The number of aliphatic hydroxyl groups is 2. The van der Waals surface area contributed by atoms with E-state index in [-0.39, 0.29) is 24.3 Å². The number of aryl methyl sites for hydroxylation is 1. The Bertz CT molecular complexity index is 803. The number of aliphatic hydroxyl groups excluding tert-OH is 2. The standard InChI is InChI=1S/C15H25N5O4/c1-4-18(5-2)6-7-20-14(23)12-13(17(3)15(20)24)16-10-19(12)8-11(22)9-21/h10-11,21-22H,4-9H2,1-3H3/t11-/m0/s1. The minimum atomic E-state index is -0.997. The lowest BCUT2D eigenvalue weighted by Crippen LogP contribution is -2.42. The Kier molecular flexibility index (Phi) is 5.92. The summed E-state index contributed by atoms with van der Waals surface area (Å²) >= 11 is 0. The first-order chi connectivity index (χ1) is 11.4. The van der Waals surface area contributed by atoms with Gasteiger partial charge in [-0.05, 0) is 13.1 Å². The summed E-state index contributed by atoms with van der Waals surface area (Å²) < 4.78 is 4.01. The van der Waals surface area contributed by atoms with Gasteiger partial charge in [-0.1, -0.05) is 13.8 Å². The third kappa shape index (κ3) is 3.42. The molecule has 0 aliphatic heterocycles. The van der Waals surface area contributed by atoms with E-state index in [1.807, 2.05) is 13.8 Å². The minimum absolute atomic E-state index is 0.0382. The fraction of sp³-hybridized carbons (Fsp3) is 0.667. The van der Waals surface area contributed by atoms with Gasteiger partial charge >= 0.3 is 5.69 Å². The van der Waals surface area contributed by atoms with Crippen molar-refractivity contribution in [2.24, 2.45) is 7.05 Å². The van der Waals surface area contributed by atoms with E-state index in [0.29, 0.717) is 6.54 Å². The molecule has 0 saturated heterocycles. The average Bonchev–Trinajstić information content (AvgIpc) is 3.00. The van der Waals surface area contributed by atoms with Gasteiger partial charge in [0.2, 0.25) is 0 Å². The first-order valence-corrected chi connectivity index (χ1v) is 8.10. The number of aromatic nitrogens is 4. The molecule has 0 amide bonds. The van der Waals surface area contributed by atoms with E-state index in [4.69, 9.17) is 5.11 Å². The second-order valence-electron chi connectivity index (χ2n) is 5.73. The zero-order valence-corrected chi connectivity index (χ0v) is 14.3. The molecule has 0 unspecified atom stereocenters. The summed E-state index contributed by atoms with van der Waals surface area (Å²) in [7, 11) is 1.57. The van der Waals surface area contributed by atoms with E-state index in [9.17, 15) is 14.7 Å². The second-order valence-corrected chi connectivity index (χ2v) is 5.73. The number of imidazole rings is 1. The number of hydrogen-bond acceptors (Lipinski definition) is 6. The van der Waals surface area contributed by atoms with Gasteiger partial charge in [0.05, 0.1) is 25.6 Å². The van der Waals surface area contributed by atoms with E-state index < -0.39 is 24.0 Å². The Balaban J connectivity index is 2.50. The molecule has 0 aromatic carbocycles. The monoisotopic (exact) mass is 339 g/mol. The lowest BCUT2D eigenvalue weighted by molar-refractivity contribution is 0.0820. The van der Waals surface area contributed by atoms with Gasteiger partial charge in [0.25, 0.3) is 5.56 Å². The molecule has 0 radical (unpaired) electrons. The molecular weight excluding hydrogens is 314 g/mol. The van der Waals surface area contributed by atoms with Crippen LogP contribution < -0.4 is 11.2 Å². The summed E-state index contributed by atoms with van der Waals surface area (Å²) in [5.41, 5.74) is -0.311. The normalized spacial score (nSPS) is 13.1. The van der Waals surface area contributed by atoms with Crippen LogP contribution in [0.4, 0.5) is 0 Å². The summed E-state index contributed by atoms with van der Waals surface area (Å²) in [6.45, 7) is 6.25. The van der Waals surface area contributed by atoms with Crippen LogP contribution in [0.25, 0.3) is 11.2 Å². The van der Waals surface area contributed by atoms with E-state index >= 15 is 0 Å². The number of hydrogen-bond donors (Lipinski definition) is 2. The van der Waals surface area contributed by atoms with Crippen molar-refractivity contribution in [1.29, 1.82) is 0 Å². The van der Waals surface area contributed by atoms with Gasteiger partial charge in [-0.15, -0.1) is 0 Å². The molecule has 2 heterocycles. The van der Waals surface area contributed by atoms with E-state index in [1.165, 1.54) is 20.0 Å². The van der Waals surface area contributed by atoms with Crippen LogP contribution in [-0.4, -0.2) is 66.1 Å². The van der Waals surface area contributed by atoms with Crippen molar-refractivity contribution in [3.8, 4) is 0 Å². The maximum Gasteiger partial charge on any atom is 0.332 e. The lowest BCUT2D eigenvalue weighted by atomic mass is 10.3. The Labute approximate surface area is 139 Å². The zero-order valence-electron chi connectivity index (χ0n) is 14.3. The Morgan fingerprint density at radius 1 is 1.29 bits per heavy atom. The average molecular weight is 339 g/mol. The molecule has 2 rings (SSSR count). The molecule has 0 fully saturated rings. The maximum atomic E-state index is 12.8. The molecule has 2 N–H and O–H groups in total. The van der Waals surface area contributed by atoms with Gasteiger partial charge in [0.15, 0.2) is 11.2 Å². The molecule has 9 heteroatoms. The molecule has 2 aromatic heterocycles. The van der Waals surface area contributed by atoms with Crippen molar-refractivity contribution in [1.82, 2.24) is 23.6 Å². The topological polar surface area (TPSA) is 106 Å². The molecule has 2 aromatic rings. The maximum absolute atomic E-state index is 12.8. The molecule has 0 aliphatic rings. The third-order valence-corrected chi connectivity index (χ3v) is 4.25. The molecule has 134 valence electrons. The third-order valence-electron chi connectivity index (χ3n) is 4.25. The summed E-state index contributed by atoms with van der Waals surface area (Å²) in [5.74, 6) is 0. The molecular formula is C15H25N5O4. The highest BCUT2D eigenvalue weighted by Crippen LogP contribution is 2.06. The fourth-order valence-electron chi connectivity index (χ4n) is 2.72. The van der Waals surface area contributed by atoms with Crippen LogP contribution in [-0.2, 0) is 20.1 Å². The first-order valence-electron chi connectivity index (χ1n) is 8.10. The van der Waals surface area contributed by atoms with E-state index in [1.54, 1.807) is 7.05 Å². The van der Waals surface area contributed by atoms with E-state index in [0.717, 1.165) is 13.1 Å². The highest BCUT2D eigenvalue weighted by Gasteiger charge is 2.17. The molecule has 9 nitrogen and oxygen atoms in total. The van der Waals surface area contributed by atoms with Crippen molar-refractivity contribution in [3.05, 3.63) is 27.2 Å². The quantitative estimate of drug-likeness (QED) is 0.612. The summed E-state index contributed by atoms with van der Waals surface area (Å²) in [6, 6.07) is 0. The van der Waals surface area contributed by atoms with Crippen LogP contribution in [0.2, 0.25) is 0 Å². The second kappa shape index (κ2) is 7.73. The highest BCUT2D eigenvalue weighted by atomic mass is 16.3. The van der Waals surface area contributed by atoms with Crippen LogP contribution in [0.1, 0.15) is 13.8 Å². The number of rotatable bonds is 8. The molecule has 1 atom stereocenters. The summed E-state index contributed by atoms with van der Waals surface area (Å²) in [4.78, 5) is 31.5. The predicted octanol–water partition coefficient (Wildman–Crippen LogP) is -1.41. The Morgan fingerprint density at radius 2 is 1.96 bits per heavy atom. The summed E-state index contributed by atoms with van der Waals surface area (Å²) in [5, 5.41) is 18.6. The molecule has 0 bridgehead atoms. The Morgan fingerprint density at radius 3 is 2.54 bits per heavy atom. The van der Waals surface area contributed by atoms with Gasteiger partial charge in [-0.25, -0.2) is 9.78 Å². The number of fused-ring (bicyclic) bond motifs is 1. The van der Waals surface area contributed by atoms with Crippen LogP contribution >= 0.6 is 0 Å². The van der Waals surface area contributed by atoms with Gasteiger partial charge in [0.1, 0.15) is 0 Å². The molecule has 0 spiro atoms. The molecule has 24 heavy (non-hydrogen) atoms. The largest absolute Gasteiger partial charge is 0.394 e. The SMILES string of the molecule is CCN(CC)CCn1c(=O)c2c(ncn2C[C@H](O)CO)n(C)c1=O. The zero-order chi connectivity index (χ0) is 17.9. The van der Waals surface area contributed by atoms with Gasteiger partial charge < -0.3 is 19.7 Å². The van der Waals surface area contributed by atoms with Gasteiger partial charge in [-0.3, -0.25) is 13.9 Å². The van der Waals surface area contributed by atoms with E-state index in [2.05, 4.69) is 9.88 Å². The minimum Gasteiger partial charge on any atom is -0.394 e. The van der Waals surface area contributed by atoms with Crippen LogP contribution in [0.3, 0.4) is 0 Å². The van der Waals surface area contributed by atoms with Gasteiger partial charge in [-0.2, -0.15) is 0 Å². The number of nitrogens with zero attached hydrogens (tertiary/aromatic N) is 5. The fourth-order valence-corrected chi connectivity index (χ4v) is 2.72. The van der Waals surface area contributed by atoms with Gasteiger partial charge in [0, 0.05) is 20.1 Å².